The highest BCUT2D eigenvalue weighted by Crippen LogP contribution is 2.44. The number of carbonyl (C=O) groups is 1. The minimum absolute atomic E-state index is 0.0472. The molecule has 2 aliphatic rings. The number of carbonyl (C=O) groups excluding carboxylic acids is 1. The van der Waals surface area contributed by atoms with Crippen LogP contribution in [0.2, 0.25) is 0 Å². The molecule has 0 unspecified atom stereocenters. The Bertz CT molecular complexity index is 299. The maximum Gasteiger partial charge on any atom is 0.315 e. The van der Waals surface area contributed by atoms with Gasteiger partial charge in [-0.2, -0.15) is 0 Å². The van der Waals surface area contributed by atoms with Crippen molar-refractivity contribution >= 4 is 6.03 Å². The summed E-state index contributed by atoms with van der Waals surface area (Å²) in [6, 6.07) is 1.11. The van der Waals surface area contributed by atoms with E-state index in [-0.39, 0.29) is 6.03 Å². The van der Waals surface area contributed by atoms with Gasteiger partial charge < -0.3 is 15.5 Å². The van der Waals surface area contributed by atoms with E-state index in [1.165, 1.54) is 25.7 Å². The molecule has 0 heterocycles. The Labute approximate surface area is 123 Å². The Morgan fingerprint density at radius 1 is 1.15 bits per heavy atom. The largest absolute Gasteiger partial charge is 0.338 e. The molecular formula is C16H31N3O. The summed E-state index contributed by atoms with van der Waals surface area (Å²) in [4.78, 5) is 14.2. The second-order valence-corrected chi connectivity index (χ2v) is 6.88. The summed E-state index contributed by atoms with van der Waals surface area (Å²) >= 11 is 0. The molecule has 116 valence electrons. The molecule has 0 bridgehead atoms. The van der Waals surface area contributed by atoms with E-state index >= 15 is 0 Å². The van der Waals surface area contributed by atoms with Gasteiger partial charge in [0.25, 0.3) is 0 Å². The van der Waals surface area contributed by atoms with Gasteiger partial charge >= 0.3 is 6.03 Å². The first-order chi connectivity index (χ1) is 9.58. The maximum absolute atomic E-state index is 11.9. The van der Waals surface area contributed by atoms with E-state index < -0.39 is 0 Å². The minimum atomic E-state index is 0.0472. The lowest BCUT2D eigenvalue weighted by Gasteiger charge is -2.21. The fourth-order valence-corrected chi connectivity index (χ4v) is 2.68. The molecule has 2 aliphatic carbocycles. The molecular weight excluding hydrogens is 250 g/mol. The van der Waals surface area contributed by atoms with Crippen molar-refractivity contribution < 1.29 is 4.79 Å². The molecule has 4 nitrogen and oxygen atoms in total. The highest BCUT2D eigenvalue weighted by atomic mass is 16.2. The average molecular weight is 281 g/mol. The molecule has 2 N–H and O–H groups in total. The lowest BCUT2D eigenvalue weighted by Crippen LogP contribution is -2.44. The van der Waals surface area contributed by atoms with Gasteiger partial charge in [-0.25, -0.2) is 4.79 Å². The normalized spacial score (nSPS) is 18.9. The molecule has 4 heteroatoms. The topological polar surface area (TPSA) is 44.4 Å². The third kappa shape index (κ3) is 5.31. The van der Waals surface area contributed by atoms with Crippen LogP contribution in [0.25, 0.3) is 0 Å². The Morgan fingerprint density at radius 3 is 2.25 bits per heavy atom. The second kappa shape index (κ2) is 7.30. The van der Waals surface area contributed by atoms with Crippen molar-refractivity contribution in [2.24, 2.45) is 11.8 Å². The molecule has 0 aromatic heterocycles. The fourth-order valence-electron chi connectivity index (χ4n) is 2.68. The molecule has 0 saturated heterocycles. The van der Waals surface area contributed by atoms with E-state index in [0.29, 0.717) is 12.1 Å². The summed E-state index contributed by atoms with van der Waals surface area (Å²) in [5, 5.41) is 6.21. The molecule has 0 aromatic carbocycles. The van der Waals surface area contributed by atoms with E-state index in [2.05, 4.69) is 36.4 Å². The highest BCUT2D eigenvalue weighted by Gasteiger charge is 2.42. The van der Waals surface area contributed by atoms with Crippen LogP contribution in [0.4, 0.5) is 4.79 Å². The molecule has 0 aromatic rings. The monoisotopic (exact) mass is 281 g/mol. The first-order valence-corrected chi connectivity index (χ1v) is 8.32. The molecule has 2 saturated carbocycles. The highest BCUT2D eigenvalue weighted by molar-refractivity contribution is 5.74. The van der Waals surface area contributed by atoms with Crippen LogP contribution in [0.1, 0.15) is 52.4 Å². The van der Waals surface area contributed by atoms with Crippen LogP contribution in [-0.2, 0) is 0 Å². The standard InChI is InChI=1S/C16H31N3O/c1-12(2)19(3)11-5-4-10-17-16(20)18-15(13-6-7-13)14-8-9-14/h12-15H,4-11H2,1-3H3,(H2,17,18,20). The summed E-state index contributed by atoms with van der Waals surface area (Å²) in [5.41, 5.74) is 0. The SMILES string of the molecule is CC(C)N(C)CCCCNC(=O)NC(C1CC1)C1CC1. The van der Waals surface area contributed by atoms with E-state index in [1.807, 2.05) is 0 Å². The van der Waals surface area contributed by atoms with Crippen molar-refractivity contribution in [3.8, 4) is 0 Å². The summed E-state index contributed by atoms with van der Waals surface area (Å²) in [5.74, 6) is 1.54. The van der Waals surface area contributed by atoms with Crippen molar-refractivity contribution in [2.75, 3.05) is 20.1 Å². The molecule has 2 rings (SSSR count). The van der Waals surface area contributed by atoms with E-state index in [0.717, 1.165) is 37.8 Å². The smallest absolute Gasteiger partial charge is 0.315 e. The molecule has 0 radical (unpaired) electrons. The summed E-state index contributed by atoms with van der Waals surface area (Å²) in [6.45, 7) is 6.32. The van der Waals surface area contributed by atoms with Crippen molar-refractivity contribution in [1.82, 2.24) is 15.5 Å². The van der Waals surface area contributed by atoms with Crippen LogP contribution in [0.15, 0.2) is 0 Å². The summed E-state index contributed by atoms with van der Waals surface area (Å²) in [7, 11) is 2.15. The van der Waals surface area contributed by atoms with Gasteiger partial charge in [0, 0.05) is 18.6 Å². The van der Waals surface area contributed by atoms with Gasteiger partial charge in [-0.3, -0.25) is 0 Å². The molecule has 0 atom stereocenters. The quantitative estimate of drug-likeness (QED) is 0.638. The van der Waals surface area contributed by atoms with Gasteiger partial charge in [-0.1, -0.05) is 0 Å². The average Bonchev–Trinajstić information content (AvgIpc) is 3.28. The van der Waals surface area contributed by atoms with Crippen LogP contribution in [0.5, 0.6) is 0 Å². The van der Waals surface area contributed by atoms with Crippen molar-refractivity contribution in [2.45, 2.75) is 64.5 Å². The van der Waals surface area contributed by atoms with Gasteiger partial charge in [0.2, 0.25) is 0 Å². The molecule has 2 fully saturated rings. The maximum atomic E-state index is 11.9. The van der Waals surface area contributed by atoms with Crippen molar-refractivity contribution in [3.63, 3.8) is 0 Å². The lowest BCUT2D eigenvalue weighted by molar-refractivity contribution is 0.232. The molecule has 20 heavy (non-hydrogen) atoms. The van der Waals surface area contributed by atoms with Crippen LogP contribution in [0.3, 0.4) is 0 Å². The lowest BCUT2D eigenvalue weighted by atomic mass is 10.1. The molecule has 2 amide bonds. The summed E-state index contributed by atoms with van der Waals surface area (Å²) < 4.78 is 0. The van der Waals surface area contributed by atoms with Crippen LogP contribution in [0, 0.1) is 11.8 Å². The van der Waals surface area contributed by atoms with Crippen LogP contribution < -0.4 is 10.6 Å². The first kappa shape index (κ1) is 15.6. The van der Waals surface area contributed by atoms with Crippen molar-refractivity contribution in [3.05, 3.63) is 0 Å². The van der Waals surface area contributed by atoms with Crippen LogP contribution in [-0.4, -0.2) is 43.2 Å². The summed E-state index contributed by atoms with van der Waals surface area (Å²) in [6.07, 6.45) is 7.43. The minimum Gasteiger partial charge on any atom is -0.338 e. The predicted octanol–water partition coefficient (Wildman–Crippen LogP) is 2.59. The van der Waals surface area contributed by atoms with Gasteiger partial charge in [0.05, 0.1) is 0 Å². The number of rotatable bonds is 9. The number of amides is 2. The number of unbranched alkanes of at least 4 members (excludes halogenated alkanes) is 1. The van der Waals surface area contributed by atoms with Gasteiger partial charge in [-0.05, 0) is 77.8 Å². The third-order valence-electron chi connectivity index (χ3n) is 4.66. The number of nitrogens with one attached hydrogen (secondary N) is 2. The zero-order valence-electron chi connectivity index (χ0n) is 13.3. The fraction of sp³-hybridized carbons (Fsp3) is 0.938. The van der Waals surface area contributed by atoms with E-state index in [9.17, 15) is 4.79 Å². The zero-order valence-corrected chi connectivity index (χ0v) is 13.3. The number of hydrogen-bond acceptors (Lipinski definition) is 2. The predicted molar refractivity (Wildman–Crippen MR) is 82.8 cm³/mol. The van der Waals surface area contributed by atoms with E-state index in [1.54, 1.807) is 0 Å². The number of urea groups is 1. The first-order valence-electron chi connectivity index (χ1n) is 8.32. The van der Waals surface area contributed by atoms with Crippen LogP contribution >= 0.6 is 0 Å². The number of hydrogen-bond donors (Lipinski definition) is 2. The Morgan fingerprint density at radius 2 is 1.75 bits per heavy atom. The van der Waals surface area contributed by atoms with E-state index in [4.69, 9.17) is 0 Å². The van der Waals surface area contributed by atoms with Gasteiger partial charge in [0.15, 0.2) is 0 Å². The van der Waals surface area contributed by atoms with Gasteiger partial charge in [0.1, 0.15) is 0 Å². The zero-order chi connectivity index (χ0) is 14.5. The van der Waals surface area contributed by atoms with Gasteiger partial charge in [-0.15, -0.1) is 0 Å². The van der Waals surface area contributed by atoms with Crippen molar-refractivity contribution in [1.29, 1.82) is 0 Å². The second-order valence-electron chi connectivity index (χ2n) is 6.88. The molecule has 0 aliphatic heterocycles. The Balaban J connectivity index is 1.51. The third-order valence-corrected chi connectivity index (χ3v) is 4.66. The molecule has 0 spiro atoms. The Hall–Kier alpha value is -0.770. The number of nitrogens with zero attached hydrogens (tertiary/aromatic N) is 1. The Kier molecular flexibility index (Phi) is 5.70.